The van der Waals surface area contributed by atoms with Crippen LogP contribution < -0.4 is 5.32 Å². The number of carbonyl (C=O) groups excluding carboxylic acids is 1. The molecule has 0 aliphatic carbocycles. The molecule has 0 saturated carbocycles. The summed E-state index contributed by atoms with van der Waals surface area (Å²) in [4.78, 5) is 16.6. The van der Waals surface area contributed by atoms with Crippen LogP contribution in [0.25, 0.3) is 0 Å². The third kappa shape index (κ3) is 3.95. The summed E-state index contributed by atoms with van der Waals surface area (Å²) in [7, 11) is 4.15. The van der Waals surface area contributed by atoms with Gasteiger partial charge in [0, 0.05) is 6.54 Å². The first-order valence-corrected chi connectivity index (χ1v) is 7.18. The molecule has 1 amide bonds. The molecule has 18 heavy (non-hydrogen) atoms. The third-order valence-electron chi connectivity index (χ3n) is 3.53. The van der Waals surface area contributed by atoms with Gasteiger partial charge in [-0.2, -0.15) is 0 Å². The minimum absolute atomic E-state index is 0.0147. The summed E-state index contributed by atoms with van der Waals surface area (Å²) in [6.45, 7) is 8.31. The molecule has 2 atom stereocenters. The zero-order valence-corrected chi connectivity index (χ0v) is 12.6. The Kier molecular flexibility index (Phi) is 6.09. The third-order valence-corrected chi connectivity index (χ3v) is 3.53. The van der Waals surface area contributed by atoms with Gasteiger partial charge in [-0.25, -0.2) is 0 Å². The molecular formula is C14H29N3O. The Hall–Kier alpha value is -0.610. The van der Waals surface area contributed by atoms with Gasteiger partial charge in [0.05, 0.1) is 12.2 Å². The van der Waals surface area contributed by atoms with Gasteiger partial charge in [0.1, 0.15) is 0 Å². The van der Waals surface area contributed by atoms with Gasteiger partial charge >= 0.3 is 0 Å². The van der Waals surface area contributed by atoms with E-state index in [1.54, 1.807) is 0 Å². The van der Waals surface area contributed by atoms with Gasteiger partial charge in [0.25, 0.3) is 0 Å². The summed E-state index contributed by atoms with van der Waals surface area (Å²) in [5, 5.41) is 3.49. The maximum Gasteiger partial charge on any atom is 0.241 e. The Morgan fingerprint density at radius 1 is 1.39 bits per heavy atom. The van der Waals surface area contributed by atoms with E-state index in [4.69, 9.17) is 0 Å². The molecule has 106 valence electrons. The lowest BCUT2D eigenvalue weighted by atomic mass is 10.1. The van der Waals surface area contributed by atoms with E-state index in [1.807, 2.05) is 0 Å². The van der Waals surface area contributed by atoms with Gasteiger partial charge in [-0.3, -0.25) is 10.1 Å². The van der Waals surface area contributed by atoms with Crippen LogP contribution >= 0.6 is 0 Å². The number of nitrogens with one attached hydrogen (secondary N) is 1. The maximum atomic E-state index is 12.4. The van der Waals surface area contributed by atoms with Crippen LogP contribution in [-0.2, 0) is 4.79 Å². The number of hydrogen-bond acceptors (Lipinski definition) is 3. The van der Waals surface area contributed by atoms with Gasteiger partial charge < -0.3 is 9.80 Å². The smallest absolute Gasteiger partial charge is 0.241 e. The predicted molar refractivity (Wildman–Crippen MR) is 75.3 cm³/mol. The summed E-state index contributed by atoms with van der Waals surface area (Å²) < 4.78 is 0. The van der Waals surface area contributed by atoms with Gasteiger partial charge in [0.2, 0.25) is 5.91 Å². The minimum atomic E-state index is 0.0147. The fourth-order valence-corrected chi connectivity index (χ4v) is 2.51. The lowest BCUT2D eigenvalue weighted by Crippen LogP contribution is -2.38. The van der Waals surface area contributed by atoms with Crippen LogP contribution in [0.5, 0.6) is 0 Å². The monoisotopic (exact) mass is 255 g/mol. The van der Waals surface area contributed by atoms with Gasteiger partial charge in [-0.1, -0.05) is 27.2 Å². The maximum absolute atomic E-state index is 12.4. The zero-order chi connectivity index (χ0) is 13.7. The Morgan fingerprint density at radius 2 is 2.06 bits per heavy atom. The second-order valence-electron chi connectivity index (χ2n) is 5.88. The SMILES string of the molecule is CCCC1NC(C(C)C)C(=O)N1CCCN(C)C. The van der Waals surface area contributed by atoms with Crippen molar-refractivity contribution in [1.82, 2.24) is 15.1 Å². The number of carbonyl (C=O) groups is 1. The lowest BCUT2D eigenvalue weighted by molar-refractivity contribution is -0.130. The molecule has 0 aromatic carbocycles. The van der Waals surface area contributed by atoms with Crippen molar-refractivity contribution in [2.45, 2.75) is 52.2 Å². The topological polar surface area (TPSA) is 35.6 Å². The quantitative estimate of drug-likeness (QED) is 0.749. The first-order valence-electron chi connectivity index (χ1n) is 7.18. The molecule has 0 bridgehead atoms. The van der Waals surface area contributed by atoms with Crippen molar-refractivity contribution >= 4 is 5.91 Å². The molecule has 1 aliphatic heterocycles. The number of hydrogen-bond donors (Lipinski definition) is 1. The highest BCUT2D eigenvalue weighted by molar-refractivity contribution is 5.84. The summed E-state index contributed by atoms with van der Waals surface area (Å²) in [6, 6.07) is 0.0147. The average molecular weight is 255 g/mol. The van der Waals surface area contributed by atoms with Crippen molar-refractivity contribution in [1.29, 1.82) is 0 Å². The Morgan fingerprint density at radius 3 is 2.56 bits per heavy atom. The van der Waals surface area contributed by atoms with E-state index >= 15 is 0 Å². The molecular weight excluding hydrogens is 226 g/mol. The molecule has 4 nitrogen and oxygen atoms in total. The molecule has 1 fully saturated rings. The fraction of sp³-hybridized carbons (Fsp3) is 0.929. The highest BCUT2D eigenvalue weighted by Gasteiger charge is 2.39. The van der Waals surface area contributed by atoms with E-state index in [1.165, 1.54) is 0 Å². The van der Waals surface area contributed by atoms with Crippen LogP contribution in [0.1, 0.15) is 40.0 Å². The summed E-state index contributed by atoms with van der Waals surface area (Å²) in [6.07, 6.45) is 3.46. The largest absolute Gasteiger partial charge is 0.326 e. The Balaban J connectivity index is 2.57. The average Bonchev–Trinajstić information content (AvgIpc) is 2.57. The van der Waals surface area contributed by atoms with E-state index in [9.17, 15) is 4.79 Å². The van der Waals surface area contributed by atoms with Gasteiger partial charge in [-0.05, 0) is 39.4 Å². The second kappa shape index (κ2) is 7.10. The fourth-order valence-electron chi connectivity index (χ4n) is 2.51. The Bertz CT molecular complexity index is 266. The molecule has 0 aromatic rings. The first kappa shape index (κ1) is 15.4. The van der Waals surface area contributed by atoms with Crippen molar-refractivity contribution in [3.05, 3.63) is 0 Å². The highest BCUT2D eigenvalue weighted by atomic mass is 16.2. The number of nitrogens with zero attached hydrogens (tertiary/aromatic N) is 2. The van der Waals surface area contributed by atoms with Crippen molar-refractivity contribution in [3.8, 4) is 0 Å². The molecule has 1 heterocycles. The van der Waals surface area contributed by atoms with Crippen LogP contribution in [0.3, 0.4) is 0 Å². The molecule has 1 aliphatic rings. The van der Waals surface area contributed by atoms with E-state index in [-0.39, 0.29) is 12.2 Å². The lowest BCUT2D eigenvalue weighted by Gasteiger charge is -2.24. The molecule has 0 aromatic heterocycles. The summed E-state index contributed by atoms with van der Waals surface area (Å²) in [5.74, 6) is 0.665. The van der Waals surface area contributed by atoms with Crippen LogP contribution in [0, 0.1) is 5.92 Å². The Labute approximate surface area is 112 Å². The molecule has 0 radical (unpaired) electrons. The van der Waals surface area contributed by atoms with E-state index < -0.39 is 0 Å². The van der Waals surface area contributed by atoms with Crippen molar-refractivity contribution < 1.29 is 4.79 Å². The first-order chi connectivity index (χ1) is 8.47. The van der Waals surface area contributed by atoms with E-state index in [2.05, 4.69) is 50.0 Å². The van der Waals surface area contributed by atoms with Gasteiger partial charge in [0.15, 0.2) is 0 Å². The number of rotatable bonds is 7. The van der Waals surface area contributed by atoms with E-state index in [0.29, 0.717) is 11.8 Å². The van der Waals surface area contributed by atoms with Crippen LogP contribution in [0.2, 0.25) is 0 Å². The van der Waals surface area contributed by atoms with Crippen molar-refractivity contribution in [2.24, 2.45) is 5.92 Å². The van der Waals surface area contributed by atoms with Crippen molar-refractivity contribution in [3.63, 3.8) is 0 Å². The van der Waals surface area contributed by atoms with Gasteiger partial charge in [-0.15, -0.1) is 0 Å². The molecule has 2 unspecified atom stereocenters. The highest BCUT2D eigenvalue weighted by Crippen LogP contribution is 2.20. The van der Waals surface area contributed by atoms with Crippen LogP contribution in [-0.4, -0.2) is 55.1 Å². The summed E-state index contributed by atoms with van der Waals surface area (Å²) in [5.41, 5.74) is 0. The molecule has 1 rings (SSSR count). The minimum Gasteiger partial charge on any atom is -0.326 e. The van der Waals surface area contributed by atoms with E-state index in [0.717, 1.165) is 32.4 Å². The zero-order valence-electron chi connectivity index (χ0n) is 12.6. The van der Waals surface area contributed by atoms with Crippen molar-refractivity contribution in [2.75, 3.05) is 27.2 Å². The predicted octanol–water partition coefficient (Wildman–Crippen LogP) is 1.52. The number of amides is 1. The summed E-state index contributed by atoms with van der Waals surface area (Å²) >= 11 is 0. The molecule has 1 saturated heterocycles. The molecule has 4 heteroatoms. The standard InChI is InChI=1S/C14H29N3O/c1-6-8-12-15-13(11(2)3)14(18)17(12)10-7-9-16(4)5/h11-13,15H,6-10H2,1-5H3. The van der Waals surface area contributed by atoms with Crippen LogP contribution in [0.4, 0.5) is 0 Å². The normalized spacial score (nSPS) is 24.6. The second-order valence-corrected chi connectivity index (χ2v) is 5.88. The van der Waals surface area contributed by atoms with Crippen LogP contribution in [0.15, 0.2) is 0 Å². The molecule has 0 spiro atoms. The molecule has 1 N–H and O–H groups in total.